The number of phosphoric acid groups is 1. The lowest BCUT2D eigenvalue weighted by molar-refractivity contribution is -0.870. The molecule has 0 fully saturated rings. The number of rotatable bonds is 53. The molecule has 0 rings (SSSR count). The summed E-state index contributed by atoms with van der Waals surface area (Å²) in [7, 11) is 1.15. The molecule has 69 heavy (non-hydrogen) atoms. The first kappa shape index (κ1) is 67.0. The van der Waals surface area contributed by atoms with Gasteiger partial charge in [-0.15, -0.1) is 0 Å². The highest BCUT2D eigenvalue weighted by Gasteiger charge is 2.22. The minimum atomic E-state index is -4.64. The molecule has 0 saturated carbocycles. The molecule has 0 heterocycles. The van der Waals surface area contributed by atoms with Crippen molar-refractivity contribution >= 4 is 19.8 Å². The third kappa shape index (κ3) is 55.1. The quantitative estimate of drug-likeness (QED) is 0.0195. The lowest BCUT2D eigenvalue weighted by Crippen LogP contribution is -2.37. The van der Waals surface area contributed by atoms with Crippen LogP contribution in [0.3, 0.4) is 0 Å². The summed E-state index contributed by atoms with van der Waals surface area (Å²) in [4.78, 5) is 37.8. The van der Waals surface area contributed by atoms with Gasteiger partial charge in [0, 0.05) is 12.8 Å². The zero-order valence-electron chi connectivity index (χ0n) is 45.8. The van der Waals surface area contributed by atoms with E-state index in [4.69, 9.17) is 18.5 Å². The van der Waals surface area contributed by atoms with Crippen LogP contribution in [0.5, 0.6) is 0 Å². The van der Waals surface area contributed by atoms with Crippen molar-refractivity contribution in [2.45, 2.75) is 270 Å². The minimum absolute atomic E-state index is 0.0360. The Hall–Kier alpha value is -2.03. The van der Waals surface area contributed by atoms with Gasteiger partial charge in [0.1, 0.15) is 19.8 Å². The standard InChI is InChI=1S/C59H110NO8P/c1-6-8-10-12-14-16-18-20-22-24-25-26-27-28-29-30-31-32-33-34-36-37-39-41-43-45-47-49-51-58(61)65-55-57(56-67-69(63,64)66-54-53-60(3,4)5)68-59(62)52-50-48-46-44-42-40-38-35-23-21-19-17-15-13-11-9-7-2/h9,11,15,17,21,23,38,40,57H,6-8,10,12-14,16,18-20,22,24-37,39,41-56H2,1-5H3/b11-9-,17-15-,23-21-,40-38-. The lowest BCUT2D eigenvalue weighted by atomic mass is 10.0. The van der Waals surface area contributed by atoms with Crippen LogP contribution in [-0.4, -0.2) is 70.0 Å². The normalized spacial score (nSPS) is 13.7. The van der Waals surface area contributed by atoms with Crippen molar-refractivity contribution in [2.24, 2.45) is 0 Å². The molecular formula is C59H110NO8P. The lowest BCUT2D eigenvalue weighted by Gasteiger charge is -2.28. The van der Waals surface area contributed by atoms with Crippen LogP contribution < -0.4 is 4.89 Å². The summed E-state index contributed by atoms with van der Waals surface area (Å²) in [5, 5.41) is 0. The molecule has 0 aliphatic rings. The molecule has 0 aliphatic heterocycles. The van der Waals surface area contributed by atoms with E-state index in [1.54, 1.807) is 0 Å². The average molecular weight is 993 g/mol. The first-order valence-electron chi connectivity index (χ1n) is 28.8. The third-order valence-electron chi connectivity index (χ3n) is 12.6. The maximum absolute atomic E-state index is 12.7. The van der Waals surface area contributed by atoms with E-state index in [0.717, 1.165) is 70.6 Å². The molecule has 0 amide bonds. The van der Waals surface area contributed by atoms with Crippen LogP contribution in [0.1, 0.15) is 264 Å². The molecule has 0 aromatic carbocycles. The van der Waals surface area contributed by atoms with Gasteiger partial charge in [-0.05, 0) is 51.4 Å². The molecule has 0 aromatic rings. The fourth-order valence-corrected chi connectivity index (χ4v) is 8.91. The number of likely N-dealkylation sites (N-methyl/N-ethyl adjacent to an activating group) is 1. The van der Waals surface area contributed by atoms with Crippen LogP contribution in [-0.2, 0) is 32.7 Å². The highest BCUT2D eigenvalue weighted by molar-refractivity contribution is 7.45. The van der Waals surface area contributed by atoms with Gasteiger partial charge in [0.05, 0.1) is 27.7 Å². The van der Waals surface area contributed by atoms with Crippen LogP contribution in [0, 0.1) is 0 Å². The largest absolute Gasteiger partial charge is 0.756 e. The predicted octanol–water partition coefficient (Wildman–Crippen LogP) is 17.1. The molecule has 404 valence electrons. The zero-order valence-corrected chi connectivity index (χ0v) is 46.7. The summed E-state index contributed by atoms with van der Waals surface area (Å²) in [5.74, 6) is -0.852. The fraction of sp³-hybridized carbons (Fsp3) is 0.831. The Morgan fingerprint density at radius 2 is 0.826 bits per heavy atom. The van der Waals surface area contributed by atoms with E-state index in [9.17, 15) is 19.0 Å². The first-order chi connectivity index (χ1) is 33.5. The van der Waals surface area contributed by atoms with Crippen LogP contribution >= 0.6 is 7.82 Å². The van der Waals surface area contributed by atoms with Gasteiger partial charge in [0.2, 0.25) is 0 Å². The van der Waals surface area contributed by atoms with Crippen LogP contribution in [0.25, 0.3) is 0 Å². The van der Waals surface area contributed by atoms with Gasteiger partial charge in [-0.1, -0.05) is 249 Å². The number of ether oxygens (including phenoxy) is 2. The Bertz CT molecular complexity index is 1310. The molecular weight excluding hydrogens is 882 g/mol. The summed E-state index contributed by atoms with van der Waals surface area (Å²) in [6.07, 6.45) is 63.2. The Morgan fingerprint density at radius 3 is 1.23 bits per heavy atom. The minimum Gasteiger partial charge on any atom is -0.756 e. The number of quaternary nitrogens is 1. The molecule has 0 bridgehead atoms. The summed E-state index contributed by atoms with van der Waals surface area (Å²) in [5.41, 5.74) is 0. The van der Waals surface area contributed by atoms with E-state index in [0.29, 0.717) is 17.4 Å². The second-order valence-electron chi connectivity index (χ2n) is 20.6. The molecule has 0 N–H and O–H groups in total. The summed E-state index contributed by atoms with van der Waals surface area (Å²) in [6, 6.07) is 0. The first-order valence-corrected chi connectivity index (χ1v) is 30.3. The number of phosphoric ester groups is 1. The Balaban J connectivity index is 4.10. The molecule has 0 aromatic heterocycles. The number of hydrogen-bond donors (Lipinski definition) is 0. The second-order valence-corrected chi connectivity index (χ2v) is 22.0. The second kappa shape index (κ2) is 50.9. The number of carbonyl (C=O) groups is 2. The number of nitrogens with zero attached hydrogens (tertiary/aromatic N) is 1. The van der Waals surface area contributed by atoms with Crippen molar-refractivity contribution in [3.63, 3.8) is 0 Å². The summed E-state index contributed by atoms with van der Waals surface area (Å²) >= 11 is 0. The monoisotopic (exact) mass is 992 g/mol. The van der Waals surface area contributed by atoms with Gasteiger partial charge in [-0.2, -0.15) is 0 Å². The van der Waals surface area contributed by atoms with Crippen molar-refractivity contribution in [3.05, 3.63) is 48.6 Å². The number of unbranched alkanes of at least 4 members (excludes halogenated alkanes) is 31. The number of carbonyl (C=O) groups excluding carboxylic acids is 2. The molecule has 9 nitrogen and oxygen atoms in total. The maximum atomic E-state index is 12.7. The smallest absolute Gasteiger partial charge is 0.306 e. The van der Waals surface area contributed by atoms with Crippen molar-refractivity contribution in [1.82, 2.24) is 0 Å². The number of allylic oxidation sites excluding steroid dienone is 8. The van der Waals surface area contributed by atoms with Gasteiger partial charge in [-0.3, -0.25) is 14.2 Å². The number of hydrogen-bond acceptors (Lipinski definition) is 8. The van der Waals surface area contributed by atoms with Crippen LogP contribution in [0.4, 0.5) is 0 Å². The third-order valence-corrected chi connectivity index (χ3v) is 13.6. The van der Waals surface area contributed by atoms with Gasteiger partial charge >= 0.3 is 11.9 Å². The fourth-order valence-electron chi connectivity index (χ4n) is 8.18. The average Bonchev–Trinajstić information content (AvgIpc) is 3.31. The van der Waals surface area contributed by atoms with E-state index in [1.807, 2.05) is 21.1 Å². The maximum Gasteiger partial charge on any atom is 0.306 e. The summed E-state index contributed by atoms with van der Waals surface area (Å²) in [6.45, 7) is 4.13. The molecule has 2 unspecified atom stereocenters. The van der Waals surface area contributed by atoms with E-state index in [-0.39, 0.29) is 32.0 Å². The highest BCUT2D eigenvalue weighted by atomic mass is 31.2. The number of esters is 2. The molecule has 0 aliphatic carbocycles. The molecule has 2 atom stereocenters. The van der Waals surface area contributed by atoms with Gasteiger partial charge in [0.15, 0.2) is 6.10 Å². The van der Waals surface area contributed by atoms with E-state index in [1.165, 1.54) is 161 Å². The Morgan fingerprint density at radius 1 is 0.464 bits per heavy atom. The van der Waals surface area contributed by atoms with Gasteiger partial charge < -0.3 is 27.9 Å². The van der Waals surface area contributed by atoms with E-state index >= 15 is 0 Å². The van der Waals surface area contributed by atoms with Crippen LogP contribution in [0.2, 0.25) is 0 Å². The molecule has 0 spiro atoms. The van der Waals surface area contributed by atoms with E-state index < -0.39 is 26.5 Å². The zero-order chi connectivity index (χ0) is 50.6. The predicted molar refractivity (Wildman–Crippen MR) is 291 cm³/mol. The van der Waals surface area contributed by atoms with Crippen molar-refractivity contribution in [1.29, 1.82) is 0 Å². The van der Waals surface area contributed by atoms with Crippen molar-refractivity contribution in [2.75, 3.05) is 47.5 Å². The molecule has 0 radical (unpaired) electrons. The summed E-state index contributed by atoms with van der Waals surface area (Å²) < 4.78 is 34.1. The Kier molecular flexibility index (Phi) is 49.4. The van der Waals surface area contributed by atoms with Gasteiger partial charge in [0.25, 0.3) is 7.82 Å². The van der Waals surface area contributed by atoms with E-state index in [2.05, 4.69) is 62.5 Å². The molecule has 0 saturated heterocycles. The highest BCUT2D eigenvalue weighted by Crippen LogP contribution is 2.38. The molecule has 10 heteroatoms. The van der Waals surface area contributed by atoms with Crippen molar-refractivity contribution in [3.8, 4) is 0 Å². The van der Waals surface area contributed by atoms with Crippen molar-refractivity contribution < 1.29 is 42.1 Å². The van der Waals surface area contributed by atoms with Crippen LogP contribution in [0.15, 0.2) is 48.6 Å². The van der Waals surface area contributed by atoms with Gasteiger partial charge in [-0.25, -0.2) is 0 Å². The Labute approximate surface area is 426 Å². The SMILES string of the molecule is CC/C=C\C/C=C\C/C=C\C/C=C\CCCCCCC(=O)OC(COC(=O)CCCCCCCCCCCCCCCCCCCCCCCCCCCCCC)COP(=O)([O-])OCC[N+](C)(C)C. The topological polar surface area (TPSA) is 111 Å².